The van der Waals surface area contributed by atoms with Crippen LogP contribution in [0, 0.1) is 5.82 Å². The summed E-state index contributed by atoms with van der Waals surface area (Å²) in [4.78, 5) is 7.52. The summed E-state index contributed by atoms with van der Waals surface area (Å²) in [5.74, 6) is -0.743. The van der Waals surface area contributed by atoms with Gasteiger partial charge in [0.15, 0.2) is 11.0 Å². The Labute approximate surface area is 128 Å². The molecule has 0 aliphatic heterocycles. The third kappa shape index (κ3) is 3.37. The van der Waals surface area contributed by atoms with Gasteiger partial charge in [-0.1, -0.05) is 46.4 Å². The van der Waals surface area contributed by atoms with E-state index in [1.165, 1.54) is 18.3 Å². The molecule has 0 aliphatic carbocycles. The van der Waals surface area contributed by atoms with Gasteiger partial charge >= 0.3 is 0 Å². The second-order valence-corrected chi connectivity index (χ2v) is 5.02. The first-order chi connectivity index (χ1) is 8.99. The zero-order valence-corrected chi connectivity index (χ0v) is 12.2. The Hall–Kier alpha value is -0.870. The smallest absolute Gasteiger partial charge is 0.186 e. The second kappa shape index (κ2) is 6.06. The van der Waals surface area contributed by atoms with Crippen LogP contribution in [0.5, 0.6) is 0 Å². The van der Waals surface area contributed by atoms with Crippen LogP contribution in [0.2, 0.25) is 15.2 Å². The summed E-state index contributed by atoms with van der Waals surface area (Å²) in [5.41, 5.74) is 0.427. The molecule has 1 aromatic heterocycles. The molecule has 2 rings (SSSR count). The molecular weight excluding hydrogens is 333 g/mol. The van der Waals surface area contributed by atoms with Crippen molar-refractivity contribution in [1.82, 2.24) is 4.98 Å². The van der Waals surface area contributed by atoms with Crippen LogP contribution >= 0.6 is 46.4 Å². The Morgan fingerprint density at radius 2 is 1.89 bits per heavy atom. The number of aliphatic imine (C=N–C) groups is 1. The summed E-state index contributed by atoms with van der Waals surface area (Å²) in [6.45, 7) is 0. The van der Waals surface area contributed by atoms with Gasteiger partial charge in [0.25, 0.3) is 0 Å². The predicted molar refractivity (Wildman–Crippen MR) is 77.7 cm³/mol. The molecular formula is C12H5Cl4FN2. The van der Waals surface area contributed by atoms with Crippen molar-refractivity contribution in [3.8, 4) is 0 Å². The molecule has 0 bridgehead atoms. The van der Waals surface area contributed by atoms with E-state index in [0.717, 1.165) is 0 Å². The molecule has 1 heterocycles. The Balaban J connectivity index is 2.45. The van der Waals surface area contributed by atoms with Crippen LogP contribution in [-0.2, 0) is 0 Å². The Kier molecular flexibility index (Phi) is 4.63. The molecule has 0 spiro atoms. The quantitative estimate of drug-likeness (QED) is 0.524. The molecule has 0 saturated carbocycles. The lowest BCUT2D eigenvalue weighted by Crippen LogP contribution is -1.93. The maximum Gasteiger partial charge on any atom is 0.186 e. The van der Waals surface area contributed by atoms with Gasteiger partial charge < -0.3 is 0 Å². The summed E-state index contributed by atoms with van der Waals surface area (Å²) < 4.78 is 13.6. The van der Waals surface area contributed by atoms with Crippen molar-refractivity contribution >= 4 is 57.3 Å². The van der Waals surface area contributed by atoms with Crippen molar-refractivity contribution in [2.75, 3.05) is 0 Å². The van der Waals surface area contributed by atoms with E-state index in [0.29, 0.717) is 15.6 Å². The highest BCUT2D eigenvalue weighted by atomic mass is 35.5. The molecule has 1 aromatic carbocycles. The van der Waals surface area contributed by atoms with Gasteiger partial charge in [0.2, 0.25) is 0 Å². The standard InChI is InChI=1S/C12H5Cl4FN2/c13-6-1-2-7(8(14)5-6)11(15)19-9-3-4-18-12(16)10(9)17/h1-5H. The van der Waals surface area contributed by atoms with Crippen molar-refractivity contribution in [3.05, 3.63) is 57.0 Å². The lowest BCUT2D eigenvalue weighted by molar-refractivity contribution is 0.624. The molecule has 2 aromatic rings. The number of hydrogen-bond donors (Lipinski definition) is 0. The van der Waals surface area contributed by atoms with Gasteiger partial charge in [0.1, 0.15) is 10.9 Å². The molecule has 0 N–H and O–H groups in total. The number of nitrogens with zero attached hydrogens (tertiary/aromatic N) is 2. The van der Waals surface area contributed by atoms with Crippen molar-refractivity contribution in [2.24, 2.45) is 4.99 Å². The van der Waals surface area contributed by atoms with E-state index in [1.807, 2.05) is 0 Å². The molecule has 0 radical (unpaired) electrons. The van der Waals surface area contributed by atoms with Crippen molar-refractivity contribution in [1.29, 1.82) is 0 Å². The van der Waals surface area contributed by atoms with Gasteiger partial charge in [-0.25, -0.2) is 14.4 Å². The largest absolute Gasteiger partial charge is 0.241 e. The van der Waals surface area contributed by atoms with Gasteiger partial charge in [-0.05, 0) is 24.3 Å². The number of hydrogen-bond acceptors (Lipinski definition) is 2. The molecule has 0 saturated heterocycles. The van der Waals surface area contributed by atoms with Crippen molar-refractivity contribution in [2.45, 2.75) is 0 Å². The van der Waals surface area contributed by atoms with Crippen LogP contribution in [-0.4, -0.2) is 10.2 Å². The van der Waals surface area contributed by atoms with E-state index in [4.69, 9.17) is 46.4 Å². The van der Waals surface area contributed by atoms with E-state index in [9.17, 15) is 4.39 Å². The first-order valence-corrected chi connectivity index (χ1v) is 6.50. The zero-order valence-electron chi connectivity index (χ0n) is 9.17. The number of aromatic nitrogens is 1. The normalized spacial score (nSPS) is 11.7. The van der Waals surface area contributed by atoms with Crippen LogP contribution in [0.15, 0.2) is 35.5 Å². The SMILES string of the molecule is Fc1c(N=C(Cl)c2ccc(Cl)cc2Cl)ccnc1Cl. The fourth-order valence-electron chi connectivity index (χ4n) is 1.32. The molecule has 0 fully saturated rings. The summed E-state index contributed by atoms with van der Waals surface area (Å²) in [5, 5.41) is 0.550. The highest BCUT2D eigenvalue weighted by molar-refractivity contribution is 6.70. The van der Waals surface area contributed by atoms with E-state index in [-0.39, 0.29) is 16.0 Å². The molecule has 7 heteroatoms. The minimum atomic E-state index is -0.743. The maximum absolute atomic E-state index is 13.6. The predicted octanol–water partition coefficient (Wildman–Crippen LogP) is 5.50. The highest BCUT2D eigenvalue weighted by Gasteiger charge is 2.10. The number of rotatable bonds is 2. The molecule has 0 amide bonds. The van der Waals surface area contributed by atoms with E-state index >= 15 is 0 Å². The average Bonchev–Trinajstić information content (AvgIpc) is 2.34. The Morgan fingerprint density at radius 3 is 2.58 bits per heavy atom. The van der Waals surface area contributed by atoms with Crippen LogP contribution in [0.4, 0.5) is 10.1 Å². The molecule has 0 atom stereocenters. The highest BCUT2D eigenvalue weighted by Crippen LogP contribution is 2.27. The van der Waals surface area contributed by atoms with Crippen LogP contribution in [0.1, 0.15) is 5.56 Å². The topological polar surface area (TPSA) is 25.2 Å². The van der Waals surface area contributed by atoms with Crippen molar-refractivity contribution < 1.29 is 4.39 Å². The average molecular weight is 338 g/mol. The number of halogens is 5. The van der Waals surface area contributed by atoms with E-state index in [1.54, 1.807) is 12.1 Å². The fourth-order valence-corrected chi connectivity index (χ4v) is 2.27. The van der Waals surface area contributed by atoms with Gasteiger partial charge in [-0.2, -0.15) is 0 Å². The lowest BCUT2D eigenvalue weighted by Gasteiger charge is -2.03. The minimum Gasteiger partial charge on any atom is -0.241 e. The minimum absolute atomic E-state index is 0.0176. The van der Waals surface area contributed by atoms with Gasteiger partial charge in [0.05, 0.1) is 5.02 Å². The summed E-state index contributed by atoms with van der Waals surface area (Å²) in [7, 11) is 0. The molecule has 2 nitrogen and oxygen atoms in total. The van der Waals surface area contributed by atoms with Gasteiger partial charge in [0, 0.05) is 16.8 Å². The monoisotopic (exact) mass is 336 g/mol. The molecule has 98 valence electrons. The number of pyridine rings is 1. The van der Waals surface area contributed by atoms with Crippen LogP contribution < -0.4 is 0 Å². The molecule has 0 unspecified atom stereocenters. The first kappa shape index (κ1) is 14.5. The zero-order chi connectivity index (χ0) is 14.0. The summed E-state index contributed by atoms with van der Waals surface area (Å²) >= 11 is 23.3. The van der Waals surface area contributed by atoms with Crippen molar-refractivity contribution in [3.63, 3.8) is 0 Å². The first-order valence-electron chi connectivity index (χ1n) is 4.98. The summed E-state index contributed by atoms with van der Waals surface area (Å²) in [6, 6.07) is 6.08. The second-order valence-electron chi connectivity index (χ2n) is 3.46. The van der Waals surface area contributed by atoms with Gasteiger partial charge in [-0.3, -0.25) is 0 Å². The molecule has 19 heavy (non-hydrogen) atoms. The summed E-state index contributed by atoms with van der Waals surface area (Å²) in [6.07, 6.45) is 1.33. The Morgan fingerprint density at radius 1 is 1.16 bits per heavy atom. The third-order valence-corrected chi connectivity index (χ3v) is 3.30. The maximum atomic E-state index is 13.6. The van der Waals surface area contributed by atoms with Gasteiger partial charge in [-0.15, -0.1) is 0 Å². The van der Waals surface area contributed by atoms with Crippen LogP contribution in [0.3, 0.4) is 0 Å². The van der Waals surface area contributed by atoms with E-state index in [2.05, 4.69) is 9.98 Å². The van der Waals surface area contributed by atoms with E-state index < -0.39 is 5.82 Å². The Bertz CT molecular complexity index is 658. The third-order valence-electron chi connectivity index (χ3n) is 2.20. The number of benzene rings is 1. The van der Waals surface area contributed by atoms with Crippen LogP contribution in [0.25, 0.3) is 0 Å². The lowest BCUT2D eigenvalue weighted by atomic mass is 10.2. The molecule has 0 aliphatic rings. The fraction of sp³-hybridized carbons (Fsp3) is 0.